The fourth-order valence-corrected chi connectivity index (χ4v) is 0.855. The lowest BCUT2D eigenvalue weighted by Crippen LogP contribution is -2.66. The summed E-state index contributed by atoms with van der Waals surface area (Å²) in [5, 5.41) is 0. The Bertz CT molecular complexity index is 169. The van der Waals surface area contributed by atoms with Crippen LogP contribution in [0.5, 0.6) is 0 Å². The van der Waals surface area contributed by atoms with Gasteiger partial charge in [-0.15, -0.1) is 15.5 Å². The van der Waals surface area contributed by atoms with E-state index in [0.29, 0.717) is 0 Å². The highest BCUT2D eigenvalue weighted by molar-refractivity contribution is 4.58. The minimum Gasteiger partial charge on any atom is -0.149 e. The molecule has 0 heterocycles. The van der Waals surface area contributed by atoms with Gasteiger partial charge in [-0.1, -0.05) is 0 Å². The van der Waals surface area contributed by atoms with Crippen LogP contribution in [0.15, 0.2) is 0 Å². The molecular weight excluding hydrogens is 168 g/mol. The summed E-state index contributed by atoms with van der Waals surface area (Å²) in [6, 6.07) is 0. The lowest BCUT2D eigenvalue weighted by atomic mass is 10.1. The Hall–Kier alpha value is -0.160. The van der Waals surface area contributed by atoms with Crippen LogP contribution in [0, 0.1) is 0 Å². The second kappa shape index (κ2) is 3.53. The van der Waals surface area contributed by atoms with Crippen LogP contribution in [0.1, 0.15) is 41.5 Å². The van der Waals surface area contributed by atoms with Crippen molar-refractivity contribution in [2.45, 2.75) is 52.7 Å². The first-order valence-electron chi connectivity index (χ1n) is 4.46. The molecule has 0 aliphatic rings. The minimum absolute atomic E-state index is 0.317. The van der Waals surface area contributed by atoms with E-state index in [2.05, 4.69) is 0 Å². The molecule has 0 aromatic rings. The van der Waals surface area contributed by atoms with Gasteiger partial charge >= 0.3 is 0 Å². The largest absolute Gasteiger partial charge is 0.174 e. The van der Waals surface area contributed by atoms with Crippen LogP contribution in [-0.2, 0) is 9.68 Å². The number of rotatable bonds is 2. The Kier molecular flexibility index (Phi) is 3.49. The third kappa shape index (κ3) is 3.60. The Morgan fingerprint density at radius 2 is 1.38 bits per heavy atom. The second-order valence-electron chi connectivity index (χ2n) is 5.15. The molecular formula is C9H23N2O2+. The molecule has 0 aromatic carbocycles. The zero-order valence-electron chi connectivity index (χ0n) is 9.84. The van der Waals surface area contributed by atoms with Crippen LogP contribution >= 0.6 is 0 Å². The molecule has 1 unspecified atom stereocenters. The van der Waals surface area contributed by atoms with Crippen LogP contribution < -0.4 is 5.84 Å². The fourth-order valence-electron chi connectivity index (χ4n) is 0.855. The molecule has 0 saturated carbocycles. The van der Waals surface area contributed by atoms with Crippen molar-refractivity contribution in [3.05, 3.63) is 0 Å². The van der Waals surface area contributed by atoms with Gasteiger partial charge in [0.25, 0.3) is 0 Å². The number of hydroxylamine groups is 2. The molecule has 13 heavy (non-hydrogen) atoms. The van der Waals surface area contributed by atoms with Gasteiger partial charge in [0, 0.05) is 4.92 Å². The number of hydrogen-bond donors (Lipinski definition) is 1. The third-order valence-corrected chi connectivity index (χ3v) is 1.62. The van der Waals surface area contributed by atoms with Crippen LogP contribution in [0.25, 0.3) is 0 Å². The van der Waals surface area contributed by atoms with Crippen LogP contribution in [0.4, 0.5) is 0 Å². The summed E-state index contributed by atoms with van der Waals surface area (Å²) in [6.45, 7) is 11.7. The zero-order valence-corrected chi connectivity index (χ0v) is 9.84. The van der Waals surface area contributed by atoms with E-state index in [-0.39, 0.29) is 16.1 Å². The molecule has 0 spiro atoms. The molecule has 0 rings (SSSR count). The first kappa shape index (κ1) is 12.8. The molecule has 0 aromatic heterocycles. The topological polar surface area (TPSA) is 44.5 Å². The van der Waals surface area contributed by atoms with Crippen LogP contribution in [-0.4, -0.2) is 23.2 Å². The molecule has 2 N–H and O–H groups in total. The maximum absolute atomic E-state index is 5.95. The van der Waals surface area contributed by atoms with Gasteiger partial charge in [0.1, 0.15) is 12.7 Å². The number of quaternary nitrogens is 1. The molecule has 1 atom stereocenters. The summed E-state index contributed by atoms with van der Waals surface area (Å²) < 4.78 is 0. The monoisotopic (exact) mass is 191 g/mol. The van der Waals surface area contributed by atoms with Gasteiger partial charge in [-0.25, -0.2) is 0 Å². The predicted octanol–water partition coefficient (Wildman–Crippen LogP) is 1.77. The van der Waals surface area contributed by atoms with Crippen molar-refractivity contribution in [3.8, 4) is 0 Å². The standard InChI is InChI=1S/C9H23N2O2/c1-8(2,3)11(10,12-7)13-9(4,5)6/h10H2,1-7H3/q+1. The second-order valence-corrected chi connectivity index (χ2v) is 5.15. The van der Waals surface area contributed by atoms with Gasteiger partial charge in [-0.05, 0) is 41.5 Å². The highest BCUT2D eigenvalue weighted by Gasteiger charge is 2.45. The van der Waals surface area contributed by atoms with Crippen LogP contribution in [0.3, 0.4) is 0 Å². The number of nitrogens with two attached hydrogens (primary N) is 1. The van der Waals surface area contributed by atoms with Crippen molar-refractivity contribution in [2.75, 3.05) is 7.11 Å². The quantitative estimate of drug-likeness (QED) is 0.411. The van der Waals surface area contributed by atoms with Gasteiger partial charge in [0.05, 0.1) is 0 Å². The maximum Gasteiger partial charge on any atom is 0.174 e. The van der Waals surface area contributed by atoms with E-state index in [1.54, 1.807) is 0 Å². The molecule has 0 radical (unpaired) electrons. The molecule has 0 bridgehead atoms. The van der Waals surface area contributed by atoms with E-state index < -0.39 is 0 Å². The lowest BCUT2D eigenvalue weighted by molar-refractivity contribution is -1.29. The number of hydrogen-bond acceptors (Lipinski definition) is 3. The molecule has 0 aliphatic heterocycles. The normalized spacial score (nSPS) is 18.5. The Morgan fingerprint density at radius 3 is 1.46 bits per heavy atom. The Balaban J connectivity index is 4.67. The zero-order chi connectivity index (χ0) is 10.9. The molecule has 0 aliphatic carbocycles. The summed E-state index contributed by atoms with van der Waals surface area (Å²) >= 11 is 0. The van der Waals surface area contributed by atoms with E-state index in [4.69, 9.17) is 15.5 Å². The molecule has 0 fully saturated rings. The molecule has 4 nitrogen and oxygen atoms in total. The number of nitrogens with zero attached hydrogens (tertiary/aromatic N) is 1. The molecule has 0 saturated heterocycles. The van der Waals surface area contributed by atoms with E-state index in [1.807, 2.05) is 41.5 Å². The van der Waals surface area contributed by atoms with E-state index >= 15 is 0 Å². The highest BCUT2D eigenvalue weighted by atomic mass is 17.0. The lowest BCUT2D eigenvalue weighted by Gasteiger charge is -2.39. The summed E-state index contributed by atoms with van der Waals surface area (Å²) in [7, 11) is 1.54. The SMILES string of the molecule is CO[N+](N)(OC(C)(C)C)C(C)(C)C. The minimum atomic E-state index is -0.351. The van der Waals surface area contributed by atoms with Gasteiger partial charge in [-0.3, -0.25) is 0 Å². The maximum atomic E-state index is 5.95. The Morgan fingerprint density at radius 1 is 1.00 bits per heavy atom. The molecule has 80 valence electrons. The highest BCUT2D eigenvalue weighted by Crippen LogP contribution is 2.25. The third-order valence-electron chi connectivity index (χ3n) is 1.62. The summed E-state index contributed by atoms with van der Waals surface area (Å²) in [6.07, 6.45) is 0. The van der Waals surface area contributed by atoms with Gasteiger partial charge < -0.3 is 0 Å². The van der Waals surface area contributed by atoms with Crippen molar-refractivity contribution >= 4 is 0 Å². The van der Waals surface area contributed by atoms with Crippen molar-refractivity contribution in [1.82, 2.24) is 0 Å². The van der Waals surface area contributed by atoms with Gasteiger partial charge in [0.15, 0.2) is 5.54 Å². The predicted molar refractivity (Wildman–Crippen MR) is 52.0 cm³/mol. The smallest absolute Gasteiger partial charge is 0.149 e. The first-order valence-corrected chi connectivity index (χ1v) is 4.46. The van der Waals surface area contributed by atoms with E-state index in [1.165, 1.54) is 7.11 Å². The molecule has 4 heteroatoms. The van der Waals surface area contributed by atoms with E-state index in [9.17, 15) is 0 Å². The van der Waals surface area contributed by atoms with Crippen molar-refractivity contribution in [3.63, 3.8) is 0 Å². The Labute approximate surface area is 81.1 Å². The van der Waals surface area contributed by atoms with Gasteiger partial charge in [-0.2, -0.15) is 0 Å². The summed E-state index contributed by atoms with van der Waals surface area (Å²) in [5.41, 5.74) is -0.653. The molecule has 0 amide bonds. The van der Waals surface area contributed by atoms with Crippen LogP contribution in [0.2, 0.25) is 0 Å². The summed E-state index contributed by atoms with van der Waals surface area (Å²) in [5.74, 6) is 5.95. The average molecular weight is 191 g/mol. The van der Waals surface area contributed by atoms with Crippen molar-refractivity contribution < 1.29 is 14.6 Å². The average Bonchev–Trinajstić information content (AvgIpc) is 1.81. The first-order chi connectivity index (χ1) is 5.52. The van der Waals surface area contributed by atoms with E-state index in [0.717, 1.165) is 0 Å². The van der Waals surface area contributed by atoms with Crippen molar-refractivity contribution in [1.29, 1.82) is 0 Å². The van der Waals surface area contributed by atoms with Gasteiger partial charge in [0.2, 0.25) is 0 Å². The fraction of sp³-hybridized carbons (Fsp3) is 1.00. The van der Waals surface area contributed by atoms with Crippen molar-refractivity contribution in [2.24, 2.45) is 5.84 Å². The summed E-state index contributed by atoms with van der Waals surface area (Å²) in [4.78, 5) is 10.5.